The van der Waals surface area contributed by atoms with Crippen LogP contribution >= 0.6 is 0 Å². The Labute approximate surface area is 73.9 Å². The van der Waals surface area contributed by atoms with Crippen LogP contribution in [-0.2, 0) is 6.54 Å². The molecule has 0 spiro atoms. The maximum absolute atomic E-state index is 10.4. The maximum Gasteiger partial charge on any atom is 0.407 e. The lowest BCUT2D eigenvalue weighted by Crippen LogP contribution is -1.96. The van der Waals surface area contributed by atoms with Crippen molar-refractivity contribution in [3.8, 4) is 6.07 Å². The third kappa shape index (κ3) is 1.70. The van der Waals surface area contributed by atoms with Crippen molar-refractivity contribution in [3.05, 3.63) is 34.5 Å². The highest BCUT2D eigenvalue weighted by Crippen LogP contribution is 2.13. The summed E-state index contributed by atoms with van der Waals surface area (Å²) in [5, 5.41) is 22.5. The van der Waals surface area contributed by atoms with Crippen LogP contribution in [0, 0.1) is 21.4 Å². The Hall–Kier alpha value is -2.16. The quantitative estimate of drug-likeness (QED) is 0.390. The van der Waals surface area contributed by atoms with Gasteiger partial charge < -0.3 is 10.1 Å². The molecular formula is C7H6N4O2. The van der Waals surface area contributed by atoms with Crippen molar-refractivity contribution >= 4 is 5.82 Å². The second-order valence-electron chi connectivity index (χ2n) is 2.25. The fourth-order valence-corrected chi connectivity index (χ4v) is 0.851. The molecule has 6 heteroatoms. The van der Waals surface area contributed by atoms with Crippen molar-refractivity contribution in [1.82, 2.24) is 9.78 Å². The third-order valence-electron chi connectivity index (χ3n) is 1.35. The molecule has 0 radical (unpaired) electrons. The first kappa shape index (κ1) is 8.93. The molecule has 0 aliphatic heterocycles. The number of nitrogens with zero attached hydrogens (tertiary/aromatic N) is 4. The van der Waals surface area contributed by atoms with Crippen LogP contribution in [0.5, 0.6) is 0 Å². The summed E-state index contributed by atoms with van der Waals surface area (Å²) in [7, 11) is 0. The molecular weight excluding hydrogens is 172 g/mol. The molecule has 1 aromatic heterocycles. The van der Waals surface area contributed by atoms with Gasteiger partial charge >= 0.3 is 5.82 Å². The van der Waals surface area contributed by atoms with Gasteiger partial charge in [-0.1, -0.05) is 6.08 Å². The SMILES string of the molecule is C=CCn1cc(C#N)c([N+](=O)[O-])n1. The minimum Gasteiger partial charge on any atom is -0.358 e. The van der Waals surface area contributed by atoms with Crippen molar-refractivity contribution in [2.75, 3.05) is 0 Å². The summed E-state index contributed by atoms with van der Waals surface area (Å²) in [4.78, 5) is 9.67. The summed E-state index contributed by atoms with van der Waals surface area (Å²) in [5.41, 5.74) is -0.0353. The minimum absolute atomic E-state index is 0.0353. The van der Waals surface area contributed by atoms with Crippen LogP contribution < -0.4 is 0 Å². The van der Waals surface area contributed by atoms with Gasteiger partial charge in [-0.3, -0.25) is 0 Å². The molecule has 0 unspecified atom stereocenters. The summed E-state index contributed by atoms with van der Waals surface area (Å²) in [5.74, 6) is -0.413. The van der Waals surface area contributed by atoms with Crippen molar-refractivity contribution in [3.63, 3.8) is 0 Å². The van der Waals surface area contributed by atoms with Gasteiger partial charge in [-0.05, 0) is 4.92 Å². The highest BCUT2D eigenvalue weighted by Gasteiger charge is 2.19. The van der Waals surface area contributed by atoms with Crippen LogP contribution in [0.4, 0.5) is 5.82 Å². The number of nitro groups is 1. The normalized spacial score (nSPS) is 9.15. The molecule has 1 aromatic rings. The fraction of sp³-hybridized carbons (Fsp3) is 0.143. The lowest BCUT2D eigenvalue weighted by molar-refractivity contribution is -0.390. The van der Waals surface area contributed by atoms with Crippen LogP contribution in [0.25, 0.3) is 0 Å². The Kier molecular flexibility index (Phi) is 2.40. The van der Waals surface area contributed by atoms with Gasteiger partial charge in [0.2, 0.25) is 0 Å². The van der Waals surface area contributed by atoms with Gasteiger partial charge in [0.05, 0.1) is 17.8 Å². The molecule has 0 amide bonds. The first-order chi connectivity index (χ1) is 6.19. The van der Waals surface area contributed by atoms with Gasteiger partial charge in [-0.25, -0.2) is 0 Å². The molecule has 0 saturated carbocycles. The van der Waals surface area contributed by atoms with E-state index in [0.717, 1.165) is 0 Å². The average molecular weight is 178 g/mol. The number of nitriles is 1. The Morgan fingerprint density at radius 3 is 3.00 bits per heavy atom. The molecule has 0 aliphatic carbocycles. The Balaban J connectivity index is 3.13. The zero-order valence-corrected chi connectivity index (χ0v) is 6.67. The molecule has 0 bridgehead atoms. The van der Waals surface area contributed by atoms with Gasteiger partial charge in [0.15, 0.2) is 5.56 Å². The van der Waals surface area contributed by atoms with Crippen LogP contribution in [0.2, 0.25) is 0 Å². The van der Waals surface area contributed by atoms with Crippen LogP contribution in [0.1, 0.15) is 5.56 Å². The minimum atomic E-state index is -0.682. The summed E-state index contributed by atoms with van der Waals surface area (Å²) in [6.07, 6.45) is 2.86. The first-order valence-corrected chi connectivity index (χ1v) is 3.42. The molecule has 0 atom stereocenters. The fourth-order valence-electron chi connectivity index (χ4n) is 0.851. The summed E-state index contributed by atoms with van der Waals surface area (Å²) in [6.45, 7) is 3.80. The predicted octanol–water partition coefficient (Wildman–Crippen LogP) is 0.849. The van der Waals surface area contributed by atoms with Crippen LogP contribution in [0.3, 0.4) is 0 Å². The van der Waals surface area contributed by atoms with Gasteiger partial charge in [0, 0.05) is 0 Å². The molecule has 1 heterocycles. The van der Waals surface area contributed by atoms with E-state index in [-0.39, 0.29) is 5.56 Å². The van der Waals surface area contributed by atoms with E-state index in [1.54, 1.807) is 6.07 Å². The first-order valence-electron chi connectivity index (χ1n) is 3.42. The van der Waals surface area contributed by atoms with E-state index in [1.807, 2.05) is 0 Å². The second kappa shape index (κ2) is 3.49. The molecule has 13 heavy (non-hydrogen) atoms. The predicted molar refractivity (Wildman–Crippen MR) is 43.8 cm³/mol. The van der Waals surface area contributed by atoms with E-state index >= 15 is 0 Å². The van der Waals surface area contributed by atoms with E-state index in [1.165, 1.54) is 17.0 Å². The molecule has 6 nitrogen and oxygen atoms in total. The van der Waals surface area contributed by atoms with Crippen molar-refractivity contribution in [2.24, 2.45) is 0 Å². The number of rotatable bonds is 3. The van der Waals surface area contributed by atoms with Crippen LogP contribution in [-0.4, -0.2) is 14.7 Å². The molecule has 66 valence electrons. The standard InChI is InChI=1S/C7H6N4O2/c1-2-3-10-5-6(4-8)7(9-10)11(12)13/h2,5H,1,3H2. The van der Waals surface area contributed by atoms with Gasteiger partial charge in [-0.2, -0.15) is 9.94 Å². The van der Waals surface area contributed by atoms with E-state index < -0.39 is 10.7 Å². The van der Waals surface area contributed by atoms with Crippen molar-refractivity contribution in [2.45, 2.75) is 6.54 Å². The van der Waals surface area contributed by atoms with Crippen molar-refractivity contribution < 1.29 is 4.92 Å². The topological polar surface area (TPSA) is 84.8 Å². The highest BCUT2D eigenvalue weighted by molar-refractivity contribution is 5.40. The smallest absolute Gasteiger partial charge is 0.358 e. The van der Waals surface area contributed by atoms with Crippen molar-refractivity contribution in [1.29, 1.82) is 5.26 Å². The number of aromatic nitrogens is 2. The molecule has 0 aromatic carbocycles. The molecule has 0 saturated heterocycles. The van der Waals surface area contributed by atoms with Gasteiger partial charge in [0.25, 0.3) is 0 Å². The molecule has 0 fully saturated rings. The van der Waals surface area contributed by atoms with Gasteiger partial charge in [0.1, 0.15) is 6.07 Å². The lowest BCUT2D eigenvalue weighted by Gasteiger charge is -1.85. The zero-order valence-electron chi connectivity index (χ0n) is 6.67. The Morgan fingerprint density at radius 2 is 2.62 bits per heavy atom. The summed E-state index contributed by atoms with van der Waals surface area (Å²) in [6, 6.07) is 1.70. The number of hydrogen-bond acceptors (Lipinski definition) is 4. The van der Waals surface area contributed by atoms with Crippen LogP contribution in [0.15, 0.2) is 18.9 Å². The molecule has 0 aliphatic rings. The Bertz CT molecular complexity index is 388. The molecule has 0 N–H and O–H groups in total. The largest absolute Gasteiger partial charge is 0.407 e. The average Bonchev–Trinajstić information content (AvgIpc) is 2.48. The van der Waals surface area contributed by atoms with Gasteiger partial charge in [-0.15, -0.1) is 6.58 Å². The third-order valence-corrected chi connectivity index (χ3v) is 1.35. The monoisotopic (exact) mass is 178 g/mol. The summed E-state index contributed by atoms with van der Waals surface area (Å²) >= 11 is 0. The van der Waals surface area contributed by atoms with E-state index in [9.17, 15) is 10.1 Å². The summed E-state index contributed by atoms with van der Waals surface area (Å²) < 4.78 is 1.30. The van der Waals surface area contributed by atoms with E-state index in [0.29, 0.717) is 6.54 Å². The second-order valence-corrected chi connectivity index (χ2v) is 2.25. The lowest BCUT2D eigenvalue weighted by atomic mass is 10.4. The van der Waals surface area contributed by atoms with E-state index in [2.05, 4.69) is 11.7 Å². The molecule has 1 rings (SSSR count). The number of hydrogen-bond donors (Lipinski definition) is 0. The van der Waals surface area contributed by atoms with E-state index in [4.69, 9.17) is 5.26 Å². The maximum atomic E-state index is 10.4. The highest BCUT2D eigenvalue weighted by atomic mass is 16.6. The Morgan fingerprint density at radius 1 is 1.92 bits per heavy atom. The zero-order chi connectivity index (χ0) is 9.84. The number of allylic oxidation sites excluding steroid dienone is 1.